The zero-order chi connectivity index (χ0) is 12.7. The van der Waals surface area contributed by atoms with Gasteiger partial charge < -0.3 is 15.3 Å². The molecule has 0 aromatic carbocycles. The first-order valence-corrected chi connectivity index (χ1v) is 7.17. The second-order valence-corrected chi connectivity index (χ2v) is 6.06. The SMILES string of the molecule is CC(C)NC(C)(CO)CN1CCCCCCC1. The van der Waals surface area contributed by atoms with Gasteiger partial charge >= 0.3 is 0 Å². The average molecular weight is 242 g/mol. The minimum atomic E-state index is -0.159. The van der Waals surface area contributed by atoms with E-state index in [0.717, 1.165) is 6.54 Å². The summed E-state index contributed by atoms with van der Waals surface area (Å²) in [6.45, 7) is 9.96. The maximum atomic E-state index is 9.60. The summed E-state index contributed by atoms with van der Waals surface area (Å²) in [5.74, 6) is 0. The molecule has 0 spiro atoms. The molecule has 1 atom stereocenters. The smallest absolute Gasteiger partial charge is 0.0623 e. The Bertz CT molecular complexity index is 200. The lowest BCUT2D eigenvalue weighted by atomic mass is 10.00. The molecule has 2 N–H and O–H groups in total. The van der Waals surface area contributed by atoms with Crippen molar-refractivity contribution in [2.45, 2.75) is 64.5 Å². The highest BCUT2D eigenvalue weighted by Gasteiger charge is 2.26. The molecule has 0 radical (unpaired) electrons. The van der Waals surface area contributed by atoms with Gasteiger partial charge in [-0.25, -0.2) is 0 Å². The van der Waals surface area contributed by atoms with Crippen LogP contribution < -0.4 is 5.32 Å². The topological polar surface area (TPSA) is 35.5 Å². The van der Waals surface area contributed by atoms with E-state index in [0.29, 0.717) is 6.04 Å². The Hall–Kier alpha value is -0.120. The first kappa shape index (κ1) is 14.9. The molecule has 0 amide bonds. The molecule has 102 valence electrons. The van der Waals surface area contributed by atoms with Crippen LogP contribution in [0.2, 0.25) is 0 Å². The molecule has 0 bridgehead atoms. The highest BCUT2D eigenvalue weighted by molar-refractivity contribution is 4.87. The van der Waals surface area contributed by atoms with Crippen LogP contribution in [0.3, 0.4) is 0 Å². The van der Waals surface area contributed by atoms with Gasteiger partial charge in [-0.05, 0) is 32.9 Å². The molecule has 17 heavy (non-hydrogen) atoms. The molecule has 1 aliphatic rings. The molecule has 1 heterocycles. The average Bonchev–Trinajstić information content (AvgIpc) is 2.21. The van der Waals surface area contributed by atoms with Gasteiger partial charge in [0.1, 0.15) is 0 Å². The summed E-state index contributed by atoms with van der Waals surface area (Å²) >= 11 is 0. The molecular formula is C14H30N2O. The van der Waals surface area contributed by atoms with Crippen molar-refractivity contribution in [2.24, 2.45) is 0 Å². The molecule has 1 fully saturated rings. The van der Waals surface area contributed by atoms with Crippen LogP contribution >= 0.6 is 0 Å². The lowest BCUT2D eigenvalue weighted by molar-refractivity contribution is 0.108. The van der Waals surface area contributed by atoms with Crippen molar-refractivity contribution in [3.05, 3.63) is 0 Å². The Balaban J connectivity index is 2.46. The number of aliphatic hydroxyl groups excluding tert-OH is 1. The van der Waals surface area contributed by atoms with Crippen molar-refractivity contribution in [3.8, 4) is 0 Å². The quantitative estimate of drug-likeness (QED) is 0.774. The number of nitrogens with zero attached hydrogens (tertiary/aromatic N) is 1. The van der Waals surface area contributed by atoms with Crippen molar-refractivity contribution in [2.75, 3.05) is 26.2 Å². The molecule has 1 unspecified atom stereocenters. The summed E-state index contributed by atoms with van der Waals surface area (Å²) in [5.41, 5.74) is -0.159. The van der Waals surface area contributed by atoms with Gasteiger partial charge in [0, 0.05) is 12.6 Å². The fraction of sp³-hybridized carbons (Fsp3) is 1.00. The molecule has 1 rings (SSSR count). The van der Waals surface area contributed by atoms with Gasteiger partial charge in [-0.1, -0.05) is 33.1 Å². The number of nitrogens with one attached hydrogen (secondary N) is 1. The van der Waals surface area contributed by atoms with Gasteiger partial charge in [0.05, 0.1) is 12.1 Å². The third-order valence-corrected chi connectivity index (χ3v) is 3.51. The zero-order valence-corrected chi connectivity index (χ0v) is 11.8. The van der Waals surface area contributed by atoms with Gasteiger partial charge in [0.2, 0.25) is 0 Å². The van der Waals surface area contributed by atoms with Crippen LogP contribution in [0.1, 0.15) is 52.9 Å². The van der Waals surface area contributed by atoms with Gasteiger partial charge in [-0.2, -0.15) is 0 Å². The Kier molecular flexibility index (Phi) is 6.45. The lowest BCUT2D eigenvalue weighted by Gasteiger charge is -2.37. The van der Waals surface area contributed by atoms with E-state index < -0.39 is 0 Å². The Labute approximate surface area is 107 Å². The molecule has 1 aliphatic heterocycles. The lowest BCUT2D eigenvalue weighted by Crippen LogP contribution is -2.56. The molecule has 0 saturated carbocycles. The van der Waals surface area contributed by atoms with Crippen molar-refractivity contribution >= 4 is 0 Å². The number of hydrogen-bond acceptors (Lipinski definition) is 3. The molecule has 3 heteroatoms. The number of hydrogen-bond donors (Lipinski definition) is 2. The number of aliphatic hydroxyl groups is 1. The Morgan fingerprint density at radius 1 is 1.12 bits per heavy atom. The van der Waals surface area contributed by atoms with E-state index in [2.05, 4.69) is 31.0 Å². The third kappa shape index (κ3) is 5.84. The van der Waals surface area contributed by atoms with Crippen LogP contribution in [0.5, 0.6) is 0 Å². The number of likely N-dealkylation sites (tertiary alicyclic amines) is 1. The fourth-order valence-electron chi connectivity index (χ4n) is 2.80. The van der Waals surface area contributed by atoms with Crippen molar-refractivity contribution in [3.63, 3.8) is 0 Å². The van der Waals surface area contributed by atoms with Crippen molar-refractivity contribution in [1.29, 1.82) is 0 Å². The first-order chi connectivity index (χ1) is 8.06. The monoisotopic (exact) mass is 242 g/mol. The molecule has 0 aromatic heterocycles. The van der Waals surface area contributed by atoms with Gasteiger partial charge in [0.25, 0.3) is 0 Å². The summed E-state index contributed by atoms with van der Waals surface area (Å²) < 4.78 is 0. The molecule has 3 nitrogen and oxygen atoms in total. The van der Waals surface area contributed by atoms with Crippen LogP contribution in [0, 0.1) is 0 Å². The van der Waals surface area contributed by atoms with Crippen LogP contribution in [-0.2, 0) is 0 Å². The van der Waals surface area contributed by atoms with E-state index in [-0.39, 0.29) is 12.1 Å². The summed E-state index contributed by atoms with van der Waals surface area (Å²) in [4.78, 5) is 2.52. The van der Waals surface area contributed by atoms with Crippen molar-refractivity contribution < 1.29 is 5.11 Å². The standard InChI is InChI=1S/C14H30N2O/c1-13(2)15-14(3,12-17)11-16-9-7-5-4-6-8-10-16/h13,15,17H,4-12H2,1-3H3. The minimum absolute atomic E-state index is 0.159. The van der Waals surface area contributed by atoms with E-state index in [4.69, 9.17) is 0 Å². The second-order valence-electron chi connectivity index (χ2n) is 6.06. The van der Waals surface area contributed by atoms with Gasteiger partial charge in [-0.15, -0.1) is 0 Å². The molecule has 0 aromatic rings. The molecular weight excluding hydrogens is 212 g/mol. The zero-order valence-electron chi connectivity index (χ0n) is 11.8. The highest BCUT2D eigenvalue weighted by atomic mass is 16.3. The summed E-state index contributed by atoms with van der Waals surface area (Å²) in [6, 6.07) is 0.418. The van der Waals surface area contributed by atoms with E-state index in [1.807, 2.05) is 0 Å². The third-order valence-electron chi connectivity index (χ3n) is 3.51. The second kappa shape index (κ2) is 7.34. The largest absolute Gasteiger partial charge is 0.394 e. The van der Waals surface area contributed by atoms with E-state index in [1.54, 1.807) is 0 Å². The van der Waals surface area contributed by atoms with Gasteiger partial charge in [-0.3, -0.25) is 0 Å². The van der Waals surface area contributed by atoms with E-state index >= 15 is 0 Å². The first-order valence-electron chi connectivity index (χ1n) is 7.17. The van der Waals surface area contributed by atoms with E-state index in [1.165, 1.54) is 45.2 Å². The summed E-state index contributed by atoms with van der Waals surface area (Å²) in [7, 11) is 0. The normalized spacial score (nSPS) is 23.1. The van der Waals surface area contributed by atoms with Gasteiger partial charge in [0.15, 0.2) is 0 Å². The Morgan fingerprint density at radius 3 is 2.12 bits per heavy atom. The van der Waals surface area contributed by atoms with Crippen LogP contribution in [0.4, 0.5) is 0 Å². The Morgan fingerprint density at radius 2 is 1.65 bits per heavy atom. The molecule has 1 saturated heterocycles. The maximum Gasteiger partial charge on any atom is 0.0623 e. The fourth-order valence-corrected chi connectivity index (χ4v) is 2.80. The van der Waals surface area contributed by atoms with Crippen LogP contribution in [0.15, 0.2) is 0 Å². The highest BCUT2D eigenvalue weighted by Crippen LogP contribution is 2.14. The summed E-state index contributed by atoms with van der Waals surface area (Å²) in [6.07, 6.45) is 6.75. The summed E-state index contributed by atoms with van der Waals surface area (Å²) in [5, 5.41) is 13.1. The van der Waals surface area contributed by atoms with Crippen molar-refractivity contribution in [1.82, 2.24) is 10.2 Å². The van der Waals surface area contributed by atoms with E-state index in [9.17, 15) is 5.11 Å². The maximum absolute atomic E-state index is 9.60. The van der Waals surface area contributed by atoms with Crippen LogP contribution in [0.25, 0.3) is 0 Å². The van der Waals surface area contributed by atoms with Crippen LogP contribution in [-0.4, -0.2) is 47.8 Å². The predicted octanol–water partition coefficient (Wildman–Crippen LogP) is 2.00. The predicted molar refractivity (Wildman–Crippen MR) is 73.3 cm³/mol. The minimum Gasteiger partial charge on any atom is -0.394 e. The number of rotatable bonds is 5. The molecule has 0 aliphatic carbocycles.